The van der Waals surface area contributed by atoms with Gasteiger partial charge in [0.1, 0.15) is 0 Å². The Labute approximate surface area is 120 Å². The van der Waals surface area contributed by atoms with Crippen molar-refractivity contribution >= 4 is 0 Å². The van der Waals surface area contributed by atoms with Gasteiger partial charge in [0, 0.05) is 18.5 Å². The topological polar surface area (TPSA) is 50.7 Å². The molecule has 0 unspecified atom stereocenters. The molecule has 0 saturated heterocycles. The number of nitrogens with one attached hydrogen (secondary N) is 1. The highest BCUT2D eigenvalue weighted by Gasteiger charge is 2.40. The van der Waals surface area contributed by atoms with Crippen molar-refractivity contribution in [3.63, 3.8) is 0 Å². The van der Waals surface area contributed by atoms with E-state index in [9.17, 15) is 5.11 Å². The highest BCUT2D eigenvalue weighted by atomic mass is 16.5. The van der Waals surface area contributed by atoms with Gasteiger partial charge in [0.2, 0.25) is 0 Å². The molecule has 2 aliphatic rings. The van der Waals surface area contributed by atoms with Crippen LogP contribution in [-0.4, -0.2) is 32.0 Å². The van der Waals surface area contributed by atoms with E-state index in [-0.39, 0.29) is 11.5 Å². The molecule has 1 fully saturated rings. The van der Waals surface area contributed by atoms with Crippen LogP contribution in [0, 0.1) is 0 Å². The molecule has 1 aliphatic carbocycles. The molecule has 20 heavy (non-hydrogen) atoms. The number of hydrogen-bond donors (Lipinski definition) is 2. The van der Waals surface area contributed by atoms with Gasteiger partial charge in [-0.15, -0.1) is 0 Å². The summed E-state index contributed by atoms with van der Waals surface area (Å²) in [5, 5.41) is 13.3. The van der Waals surface area contributed by atoms with Gasteiger partial charge in [-0.3, -0.25) is 0 Å². The Balaban J connectivity index is 2.03. The van der Waals surface area contributed by atoms with Gasteiger partial charge in [-0.2, -0.15) is 0 Å². The lowest BCUT2D eigenvalue weighted by Crippen LogP contribution is -2.46. The Kier molecular flexibility index (Phi) is 3.61. The standard InChI is InChI=1S/C16H23NO3/c1-19-14-7-11-9-17-10-16(5-3-12(18)4-6-16)13(11)8-15(14)20-2/h7-8,12,17-18H,3-6,9-10H2,1-2H3. The molecule has 0 bridgehead atoms. The summed E-state index contributed by atoms with van der Waals surface area (Å²) in [6, 6.07) is 4.24. The average Bonchev–Trinajstić information content (AvgIpc) is 2.49. The molecule has 0 radical (unpaired) electrons. The van der Waals surface area contributed by atoms with Crippen LogP contribution in [0.4, 0.5) is 0 Å². The molecule has 1 aromatic rings. The molecule has 0 amide bonds. The number of hydrogen-bond acceptors (Lipinski definition) is 4. The Morgan fingerprint density at radius 1 is 1.15 bits per heavy atom. The fraction of sp³-hybridized carbons (Fsp3) is 0.625. The molecule has 1 aliphatic heterocycles. The number of fused-ring (bicyclic) bond motifs is 2. The van der Waals surface area contributed by atoms with Crippen LogP contribution in [0.15, 0.2) is 12.1 Å². The van der Waals surface area contributed by atoms with E-state index in [2.05, 4.69) is 17.4 Å². The van der Waals surface area contributed by atoms with Gasteiger partial charge in [0.05, 0.1) is 20.3 Å². The summed E-state index contributed by atoms with van der Waals surface area (Å²) in [7, 11) is 3.36. The molecule has 1 aromatic carbocycles. The van der Waals surface area contributed by atoms with E-state index in [4.69, 9.17) is 9.47 Å². The third-order valence-corrected chi connectivity index (χ3v) is 4.87. The molecule has 0 atom stereocenters. The van der Waals surface area contributed by atoms with E-state index in [1.807, 2.05) is 0 Å². The zero-order valence-electron chi connectivity index (χ0n) is 12.2. The highest BCUT2D eigenvalue weighted by Crippen LogP contribution is 2.45. The lowest BCUT2D eigenvalue weighted by atomic mass is 9.66. The van der Waals surface area contributed by atoms with E-state index in [1.165, 1.54) is 11.1 Å². The Hall–Kier alpha value is -1.26. The fourth-order valence-electron chi connectivity index (χ4n) is 3.69. The lowest BCUT2D eigenvalue weighted by Gasteiger charge is -2.44. The monoisotopic (exact) mass is 277 g/mol. The summed E-state index contributed by atoms with van der Waals surface area (Å²) in [4.78, 5) is 0. The highest BCUT2D eigenvalue weighted by molar-refractivity contribution is 5.51. The van der Waals surface area contributed by atoms with Crippen molar-refractivity contribution in [2.45, 2.75) is 43.7 Å². The van der Waals surface area contributed by atoms with Crippen molar-refractivity contribution in [2.24, 2.45) is 0 Å². The van der Waals surface area contributed by atoms with Crippen molar-refractivity contribution in [2.75, 3.05) is 20.8 Å². The zero-order valence-corrected chi connectivity index (χ0v) is 12.2. The first kappa shape index (κ1) is 13.7. The molecule has 4 heteroatoms. The number of aliphatic hydroxyl groups is 1. The maximum atomic E-state index is 9.79. The molecular formula is C16H23NO3. The zero-order chi connectivity index (χ0) is 14.2. The summed E-state index contributed by atoms with van der Waals surface area (Å²) in [6.07, 6.45) is 3.70. The van der Waals surface area contributed by atoms with Crippen LogP contribution < -0.4 is 14.8 Å². The number of benzene rings is 1. The minimum Gasteiger partial charge on any atom is -0.493 e. The minimum absolute atomic E-state index is 0.133. The third kappa shape index (κ3) is 2.17. The van der Waals surface area contributed by atoms with Gasteiger partial charge in [0.15, 0.2) is 11.5 Å². The summed E-state index contributed by atoms with van der Waals surface area (Å²) >= 11 is 0. The van der Waals surface area contributed by atoms with Gasteiger partial charge >= 0.3 is 0 Å². The van der Waals surface area contributed by atoms with Gasteiger partial charge in [-0.1, -0.05) is 0 Å². The molecule has 1 spiro atoms. The van der Waals surface area contributed by atoms with Crippen molar-refractivity contribution in [3.8, 4) is 11.5 Å². The predicted octanol–water partition coefficient (Wildman–Crippen LogP) is 1.98. The number of ether oxygens (including phenoxy) is 2. The molecule has 4 nitrogen and oxygen atoms in total. The summed E-state index contributed by atoms with van der Waals surface area (Å²) in [5.74, 6) is 1.60. The average molecular weight is 277 g/mol. The van der Waals surface area contributed by atoms with Crippen LogP contribution in [0.25, 0.3) is 0 Å². The van der Waals surface area contributed by atoms with E-state index in [1.54, 1.807) is 14.2 Å². The Morgan fingerprint density at radius 2 is 1.80 bits per heavy atom. The second-order valence-electron chi connectivity index (χ2n) is 5.98. The van der Waals surface area contributed by atoms with Crippen molar-refractivity contribution in [1.82, 2.24) is 5.32 Å². The number of methoxy groups -OCH3 is 2. The first-order valence-electron chi connectivity index (χ1n) is 7.33. The van der Waals surface area contributed by atoms with Crippen LogP contribution in [0.1, 0.15) is 36.8 Å². The Morgan fingerprint density at radius 3 is 2.45 bits per heavy atom. The molecule has 1 heterocycles. The quantitative estimate of drug-likeness (QED) is 0.868. The molecule has 0 aromatic heterocycles. The maximum absolute atomic E-state index is 9.79. The van der Waals surface area contributed by atoms with E-state index in [0.29, 0.717) is 0 Å². The predicted molar refractivity (Wildman–Crippen MR) is 77.4 cm³/mol. The largest absolute Gasteiger partial charge is 0.493 e. The van der Waals surface area contributed by atoms with Crippen molar-refractivity contribution in [1.29, 1.82) is 0 Å². The SMILES string of the molecule is COc1cc2c(cc1OC)C1(CCC(O)CC1)CNC2. The van der Waals surface area contributed by atoms with Gasteiger partial charge in [0.25, 0.3) is 0 Å². The molecule has 110 valence electrons. The summed E-state index contributed by atoms with van der Waals surface area (Å²) in [6.45, 7) is 1.86. The van der Waals surface area contributed by atoms with Crippen LogP contribution in [-0.2, 0) is 12.0 Å². The third-order valence-electron chi connectivity index (χ3n) is 4.87. The smallest absolute Gasteiger partial charge is 0.161 e. The minimum atomic E-state index is -0.133. The van der Waals surface area contributed by atoms with Crippen molar-refractivity contribution < 1.29 is 14.6 Å². The van der Waals surface area contributed by atoms with E-state index in [0.717, 1.165) is 50.3 Å². The van der Waals surface area contributed by atoms with Crippen LogP contribution >= 0.6 is 0 Å². The normalized spacial score (nSPS) is 29.1. The number of rotatable bonds is 2. The first-order valence-corrected chi connectivity index (χ1v) is 7.33. The van der Waals surface area contributed by atoms with Gasteiger partial charge < -0.3 is 19.9 Å². The first-order chi connectivity index (χ1) is 9.68. The van der Waals surface area contributed by atoms with Gasteiger partial charge in [-0.25, -0.2) is 0 Å². The lowest BCUT2D eigenvalue weighted by molar-refractivity contribution is 0.0917. The molecule has 2 N–H and O–H groups in total. The van der Waals surface area contributed by atoms with E-state index < -0.39 is 0 Å². The Bertz CT molecular complexity index is 493. The fourth-order valence-corrected chi connectivity index (χ4v) is 3.69. The number of aliphatic hydroxyl groups excluding tert-OH is 1. The van der Waals surface area contributed by atoms with Gasteiger partial charge in [-0.05, 0) is 48.9 Å². The summed E-state index contributed by atoms with van der Waals surface area (Å²) < 4.78 is 10.9. The second-order valence-corrected chi connectivity index (χ2v) is 5.98. The maximum Gasteiger partial charge on any atom is 0.161 e. The molecule has 3 rings (SSSR count). The molecular weight excluding hydrogens is 254 g/mol. The second kappa shape index (κ2) is 5.26. The van der Waals surface area contributed by atoms with Crippen molar-refractivity contribution in [3.05, 3.63) is 23.3 Å². The molecule has 1 saturated carbocycles. The van der Waals surface area contributed by atoms with E-state index >= 15 is 0 Å². The van der Waals surface area contributed by atoms with Crippen LogP contribution in [0.2, 0.25) is 0 Å². The summed E-state index contributed by atoms with van der Waals surface area (Å²) in [5.41, 5.74) is 2.82. The van der Waals surface area contributed by atoms with Crippen LogP contribution in [0.5, 0.6) is 11.5 Å². The van der Waals surface area contributed by atoms with Crippen LogP contribution in [0.3, 0.4) is 0 Å².